The first kappa shape index (κ1) is 10.9. The maximum Gasteiger partial charge on any atom is 0.347 e. The van der Waals surface area contributed by atoms with Crippen LogP contribution in [-0.4, -0.2) is 23.2 Å². The molecule has 1 aliphatic heterocycles. The van der Waals surface area contributed by atoms with Gasteiger partial charge in [0.05, 0.1) is 11.7 Å². The van der Waals surface area contributed by atoms with E-state index in [0.29, 0.717) is 5.75 Å². The summed E-state index contributed by atoms with van der Waals surface area (Å²) in [5, 5.41) is 14.5. The summed E-state index contributed by atoms with van der Waals surface area (Å²) in [4.78, 5) is 11.1. The zero-order chi connectivity index (χ0) is 12.7. The van der Waals surface area contributed by atoms with Gasteiger partial charge in [-0.1, -0.05) is 30.3 Å². The molecule has 92 valence electrons. The highest BCUT2D eigenvalue weighted by Crippen LogP contribution is 2.37. The van der Waals surface area contributed by atoms with Crippen LogP contribution in [0.3, 0.4) is 0 Å². The van der Waals surface area contributed by atoms with Gasteiger partial charge in [0, 0.05) is 5.39 Å². The average molecular weight is 243 g/mol. The number of benzene rings is 2. The molecule has 18 heavy (non-hydrogen) atoms. The molecule has 4 nitrogen and oxygen atoms in total. The summed E-state index contributed by atoms with van der Waals surface area (Å²) >= 11 is 0. The number of carboxylic acids is 1. The number of hydrogen-bond acceptors (Lipinski definition) is 3. The van der Waals surface area contributed by atoms with Crippen molar-refractivity contribution in [1.29, 1.82) is 0 Å². The number of nitrogens with one attached hydrogen (secondary N) is 1. The van der Waals surface area contributed by atoms with E-state index < -0.39 is 12.1 Å². The van der Waals surface area contributed by atoms with Gasteiger partial charge in [0.15, 0.2) is 0 Å². The van der Waals surface area contributed by atoms with E-state index in [9.17, 15) is 4.79 Å². The third-order valence-electron chi connectivity index (χ3n) is 3.21. The first-order valence-corrected chi connectivity index (χ1v) is 5.84. The lowest BCUT2D eigenvalue weighted by molar-refractivity contribution is -0.145. The van der Waals surface area contributed by atoms with Crippen LogP contribution in [-0.2, 0) is 4.79 Å². The van der Waals surface area contributed by atoms with Gasteiger partial charge in [-0.3, -0.25) is 0 Å². The number of hydrogen-bond donors (Lipinski definition) is 2. The molecular formula is C14H13NO3. The number of ether oxygens (including phenoxy) is 1. The lowest BCUT2D eigenvalue weighted by Crippen LogP contribution is -2.44. The van der Waals surface area contributed by atoms with Crippen molar-refractivity contribution in [2.45, 2.75) is 19.1 Å². The van der Waals surface area contributed by atoms with Crippen molar-refractivity contribution >= 4 is 22.4 Å². The molecule has 2 N–H and O–H groups in total. The summed E-state index contributed by atoms with van der Waals surface area (Å²) < 4.78 is 5.55. The van der Waals surface area contributed by atoms with Gasteiger partial charge in [-0.2, -0.15) is 0 Å². The molecule has 2 aromatic carbocycles. The normalized spacial score (nSPS) is 21.8. The summed E-state index contributed by atoms with van der Waals surface area (Å²) in [5.74, 6) is -0.354. The fraction of sp³-hybridized carbons (Fsp3) is 0.214. The van der Waals surface area contributed by atoms with Crippen molar-refractivity contribution in [3.63, 3.8) is 0 Å². The van der Waals surface area contributed by atoms with Gasteiger partial charge in [-0.25, -0.2) is 4.79 Å². The van der Waals surface area contributed by atoms with Crippen LogP contribution in [0.4, 0.5) is 5.69 Å². The minimum Gasteiger partial charge on any atom is -0.478 e. The van der Waals surface area contributed by atoms with E-state index >= 15 is 0 Å². The number of fused-ring (bicyclic) bond motifs is 3. The Morgan fingerprint density at radius 3 is 2.83 bits per heavy atom. The molecule has 0 aromatic heterocycles. The second-order valence-corrected chi connectivity index (χ2v) is 4.47. The Bertz CT molecular complexity index is 623. The maximum atomic E-state index is 11.1. The number of aliphatic carboxylic acids is 1. The lowest BCUT2D eigenvalue weighted by atomic mass is 10.0. The van der Waals surface area contributed by atoms with Gasteiger partial charge in [-0.05, 0) is 18.4 Å². The van der Waals surface area contributed by atoms with Crippen LogP contribution in [0.15, 0.2) is 36.4 Å². The number of carboxylic acid groups (broad SMARTS) is 1. The Morgan fingerprint density at radius 2 is 2.06 bits per heavy atom. The lowest BCUT2D eigenvalue weighted by Gasteiger charge is -2.31. The molecule has 2 aromatic rings. The summed E-state index contributed by atoms with van der Waals surface area (Å²) in [5.41, 5.74) is 0.873. The van der Waals surface area contributed by atoms with Crippen molar-refractivity contribution in [2.24, 2.45) is 0 Å². The van der Waals surface area contributed by atoms with Gasteiger partial charge >= 0.3 is 5.97 Å². The fourth-order valence-electron chi connectivity index (χ4n) is 2.31. The second-order valence-electron chi connectivity index (χ2n) is 4.47. The summed E-state index contributed by atoms with van der Waals surface area (Å²) in [6, 6.07) is 11.4. The topological polar surface area (TPSA) is 58.6 Å². The molecule has 0 saturated heterocycles. The zero-order valence-corrected chi connectivity index (χ0v) is 9.88. The molecule has 0 fully saturated rings. The van der Waals surface area contributed by atoms with Crippen LogP contribution < -0.4 is 10.1 Å². The highest BCUT2D eigenvalue weighted by molar-refractivity contribution is 5.98. The molecule has 0 saturated carbocycles. The molecule has 1 aliphatic rings. The van der Waals surface area contributed by atoms with Crippen molar-refractivity contribution in [1.82, 2.24) is 0 Å². The van der Waals surface area contributed by atoms with Crippen molar-refractivity contribution in [2.75, 3.05) is 5.32 Å². The Balaban J connectivity index is 2.14. The van der Waals surface area contributed by atoms with E-state index in [1.807, 2.05) is 43.3 Å². The van der Waals surface area contributed by atoms with Crippen LogP contribution in [0.5, 0.6) is 5.75 Å². The molecule has 0 aliphatic carbocycles. The SMILES string of the molecule is CC1Nc2c(ccc3ccccc23)OC1C(=O)O. The summed E-state index contributed by atoms with van der Waals surface area (Å²) in [6.45, 7) is 1.81. The molecule has 0 spiro atoms. The molecule has 2 unspecified atom stereocenters. The monoisotopic (exact) mass is 243 g/mol. The van der Waals surface area contributed by atoms with Crippen LogP contribution in [0.25, 0.3) is 10.8 Å². The predicted molar refractivity (Wildman–Crippen MR) is 69.1 cm³/mol. The number of anilines is 1. The molecule has 1 heterocycles. The van der Waals surface area contributed by atoms with Crippen LogP contribution in [0.2, 0.25) is 0 Å². The molecule has 4 heteroatoms. The Hall–Kier alpha value is -2.23. The molecule has 0 radical (unpaired) electrons. The molecule has 2 atom stereocenters. The van der Waals surface area contributed by atoms with Gasteiger partial charge < -0.3 is 15.2 Å². The summed E-state index contributed by atoms with van der Waals surface area (Å²) in [7, 11) is 0. The van der Waals surface area contributed by atoms with E-state index in [2.05, 4.69) is 5.32 Å². The highest BCUT2D eigenvalue weighted by Gasteiger charge is 2.32. The number of carbonyl (C=O) groups is 1. The third-order valence-corrected chi connectivity index (χ3v) is 3.21. The molecule has 0 amide bonds. The van der Waals surface area contributed by atoms with Crippen LogP contribution in [0, 0.1) is 0 Å². The van der Waals surface area contributed by atoms with E-state index in [1.54, 1.807) is 0 Å². The van der Waals surface area contributed by atoms with Crippen LogP contribution in [0.1, 0.15) is 6.92 Å². The third kappa shape index (κ3) is 1.57. The van der Waals surface area contributed by atoms with Crippen molar-refractivity contribution < 1.29 is 14.6 Å². The Labute approximate surface area is 104 Å². The van der Waals surface area contributed by atoms with Gasteiger partial charge in [0.25, 0.3) is 0 Å². The first-order valence-electron chi connectivity index (χ1n) is 5.84. The minimum atomic E-state index is -0.950. The standard InChI is InChI=1S/C14H13NO3/c1-8-13(14(16)17)18-11-7-6-9-4-2-3-5-10(9)12(11)15-8/h2-8,13,15H,1H3,(H,16,17). The highest BCUT2D eigenvalue weighted by atomic mass is 16.5. The molecule has 0 bridgehead atoms. The minimum absolute atomic E-state index is 0.263. The van der Waals surface area contributed by atoms with E-state index in [4.69, 9.17) is 9.84 Å². The fourth-order valence-corrected chi connectivity index (χ4v) is 2.31. The zero-order valence-electron chi connectivity index (χ0n) is 9.88. The number of rotatable bonds is 1. The maximum absolute atomic E-state index is 11.1. The second kappa shape index (κ2) is 3.91. The van der Waals surface area contributed by atoms with Gasteiger partial charge in [-0.15, -0.1) is 0 Å². The first-order chi connectivity index (χ1) is 8.66. The van der Waals surface area contributed by atoms with Crippen LogP contribution >= 0.6 is 0 Å². The molecule has 3 rings (SSSR count). The van der Waals surface area contributed by atoms with E-state index in [1.165, 1.54) is 0 Å². The quantitative estimate of drug-likeness (QED) is 0.807. The van der Waals surface area contributed by atoms with E-state index in [-0.39, 0.29) is 6.04 Å². The van der Waals surface area contributed by atoms with Crippen molar-refractivity contribution in [3.8, 4) is 5.75 Å². The van der Waals surface area contributed by atoms with Gasteiger partial charge in [0.2, 0.25) is 6.10 Å². The smallest absolute Gasteiger partial charge is 0.347 e. The largest absolute Gasteiger partial charge is 0.478 e. The summed E-state index contributed by atoms with van der Waals surface area (Å²) in [6.07, 6.45) is -0.848. The van der Waals surface area contributed by atoms with Gasteiger partial charge in [0.1, 0.15) is 5.75 Å². The Kier molecular flexibility index (Phi) is 2.37. The predicted octanol–water partition coefficient (Wildman–Crippen LogP) is 2.49. The molecular weight excluding hydrogens is 230 g/mol. The average Bonchev–Trinajstić information content (AvgIpc) is 2.37. The van der Waals surface area contributed by atoms with Crippen molar-refractivity contribution in [3.05, 3.63) is 36.4 Å². The Morgan fingerprint density at radius 1 is 1.28 bits per heavy atom. The van der Waals surface area contributed by atoms with E-state index in [0.717, 1.165) is 16.5 Å².